The summed E-state index contributed by atoms with van der Waals surface area (Å²) < 4.78 is 54.0. The first kappa shape index (κ1) is 20.4. The fourth-order valence-corrected chi connectivity index (χ4v) is 3.91. The zero-order valence-electron chi connectivity index (χ0n) is 14.0. The van der Waals surface area contributed by atoms with Crippen LogP contribution in [0.1, 0.15) is 11.7 Å². The highest BCUT2D eigenvalue weighted by molar-refractivity contribution is 8.01. The lowest BCUT2D eigenvalue weighted by Gasteiger charge is -2.09. The smallest absolute Gasteiger partial charge is 0.406 e. The van der Waals surface area contributed by atoms with Gasteiger partial charge in [-0.1, -0.05) is 35.2 Å². The predicted molar refractivity (Wildman–Crippen MR) is 98.4 cm³/mol. The van der Waals surface area contributed by atoms with Gasteiger partial charge in [-0.2, -0.15) is 0 Å². The molecule has 11 heteroatoms. The van der Waals surface area contributed by atoms with Crippen molar-refractivity contribution in [3.63, 3.8) is 0 Å². The summed E-state index contributed by atoms with van der Waals surface area (Å²) in [6.07, 6.45) is -5.60. The molecule has 148 valence electrons. The van der Waals surface area contributed by atoms with Crippen molar-refractivity contribution >= 4 is 33.9 Å². The molecule has 1 aromatic heterocycles. The third-order valence-electron chi connectivity index (χ3n) is 3.34. The number of alkyl halides is 3. The van der Waals surface area contributed by atoms with Crippen molar-refractivity contribution in [1.29, 1.82) is 0 Å². The summed E-state index contributed by atoms with van der Waals surface area (Å²) in [4.78, 5) is 0. The molecule has 1 atom stereocenters. The molecule has 0 amide bonds. The molecule has 0 fully saturated rings. The molecule has 1 unspecified atom stereocenters. The van der Waals surface area contributed by atoms with E-state index in [4.69, 9.17) is 0 Å². The maximum atomic E-state index is 13.2. The van der Waals surface area contributed by atoms with E-state index in [9.17, 15) is 22.7 Å². The van der Waals surface area contributed by atoms with Gasteiger partial charge in [0.1, 0.15) is 11.6 Å². The lowest BCUT2D eigenvalue weighted by Crippen LogP contribution is -2.16. The second-order valence-corrected chi connectivity index (χ2v) is 7.70. The molecule has 0 aliphatic rings. The molecular formula is C17H13F4N3O2S2. The molecule has 3 rings (SSSR count). The predicted octanol–water partition coefficient (Wildman–Crippen LogP) is 5.15. The molecule has 0 bridgehead atoms. The van der Waals surface area contributed by atoms with Crippen LogP contribution in [0.4, 0.5) is 28.4 Å². The topological polar surface area (TPSA) is 67.3 Å². The maximum Gasteiger partial charge on any atom is 0.573 e. The van der Waals surface area contributed by atoms with E-state index in [0.717, 1.165) is 0 Å². The van der Waals surface area contributed by atoms with E-state index in [0.29, 0.717) is 20.7 Å². The van der Waals surface area contributed by atoms with Gasteiger partial charge in [-0.3, -0.25) is 0 Å². The number of aliphatic hydroxyl groups is 1. The van der Waals surface area contributed by atoms with Crippen LogP contribution in [0.15, 0.2) is 52.9 Å². The molecule has 0 spiro atoms. The van der Waals surface area contributed by atoms with Crippen molar-refractivity contribution in [3.8, 4) is 5.75 Å². The first-order valence-corrected chi connectivity index (χ1v) is 9.61. The van der Waals surface area contributed by atoms with Crippen molar-refractivity contribution in [2.45, 2.75) is 16.8 Å². The number of thioether (sulfide) groups is 1. The van der Waals surface area contributed by atoms with E-state index in [1.807, 2.05) is 0 Å². The molecule has 2 N–H and O–H groups in total. The lowest BCUT2D eigenvalue weighted by atomic mass is 10.1. The van der Waals surface area contributed by atoms with Crippen LogP contribution in [0.2, 0.25) is 0 Å². The van der Waals surface area contributed by atoms with E-state index in [2.05, 4.69) is 20.3 Å². The number of halogens is 4. The highest BCUT2D eigenvalue weighted by atomic mass is 32.2. The normalized spacial score (nSPS) is 12.6. The molecule has 28 heavy (non-hydrogen) atoms. The van der Waals surface area contributed by atoms with Crippen LogP contribution < -0.4 is 10.1 Å². The zero-order valence-corrected chi connectivity index (χ0v) is 15.6. The number of aromatic nitrogens is 2. The molecule has 0 aliphatic carbocycles. The molecule has 3 aromatic rings. The van der Waals surface area contributed by atoms with Crippen LogP contribution >= 0.6 is 23.1 Å². The first-order chi connectivity index (χ1) is 13.3. The number of anilines is 2. The number of hydrogen-bond donors (Lipinski definition) is 2. The SMILES string of the molecule is OC(CSc1nnc(Nc2ccc(OC(F)(F)F)cc2)s1)c1cccc(F)c1. The monoisotopic (exact) mass is 431 g/mol. The Hall–Kier alpha value is -2.37. The Kier molecular flexibility index (Phi) is 6.37. The number of benzene rings is 2. The number of rotatable bonds is 7. The van der Waals surface area contributed by atoms with Crippen molar-refractivity contribution in [1.82, 2.24) is 10.2 Å². The highest BCUT2D eigenvalue weighted by Crippen LogP contribution is 2.31. The molecule has 0 radical (unpaired) electrons. The summed E-state index contributed by atoms with van der Waals surface area (Å²) in [5.41, 5.74) is 0.985. The van der Waals surface area contributed by atoms with Gasteiger partial charge in [-0.15, -0.1) is 23.4 Å². The first-order valence-electron chi connectivity index (χ1n) is 7.81. The zero-order chi connectivity index (χ0) is 20.1. The Morgan fingerprint density at radius 1 is 1.14 bits per heavy atom. The van der Waals surface area contributed by atoms with Gasteiger partial charge in [0, 0.05) is 11.4 Å². The summed E-state index contributed by atoms with van der Waals surface area (Å²) in [6.45, 7) is 0. The van der Waals surface area contributed by atoms with Gasteiger partial charge in [-0.25, -0.2) is 4.39 Å². The van der Waals surface area contributed by atoms with E-state index in [-0.39, 0.29) is 11.5 Å². The van der Waals surface area contributed by atoms with Gasteiger partial charge in [0.05, 0.1) is 6.10 Å². The quantitative estimate of drug-likeness (QED) is 0.399. The van der Waals surface area contributed by atoms with Gasteiger partial charge in [0.25, 0.3) is 0 Å². The van der Waals surface area contributed by atoms with Crippen molar-refractivity contribution in [2.75, 3.05) is 11.1 Å². The summed E-state index contributed by atoms with van der Waals surface area (Å²) in [5, 5.41) is 21.4. The largest absolute Gasteiger partial charge is 0.573 e. The molecule has 0 saturated heterocycles. The Labute approximate surface area is 165 Å². The molecule has 2 aromatic carbocycles. The minimum atomic E-state index is -4.74. The minimum Gasteiger partial charge on any atom is -0.406 e. The van der Waals surface area contributed by atoms with Crippen LogP contribution in [-0.4, -0.2) is 27.4 Å². The van der Waals surface area contributed by atoms with Gasteiger partial charge >= 0.3 is 6.36 Å². The van der Waals surface area contributed by atoms with Crippen LogP contribution in [-0.2, 0) is 0 Å². The van der Waals surface area contributed by atoms with Crippen molar-refractivity contribution < 1.29 is 27.4 Å². The number of ether oxygens (including phenoxy) is 1. The fraction of sp³-hybridized carbons (Fsp3) is 0.176. The van der Waals surface area contributed by atoms with Crippen molar-refractivity contribution in [3.05, 3.63) is 59.9 Å². The van der Waals surface area contributed by atoms with E-state index >= 15 is 0 Å². The standard InChI is InChI=1S/C17H13F4N3O2S2/c18-11-3-1-2-10(8-11)14(25)9-27-16-24-23-15(28-16)22-12-4-6-13(7-5-12)26-17(19,20)21/h1-8,14,25H,9H2,(H,22,23). The summed E-state index contributed by atoms with van der Waals surface area (Å²) in [5.74, 6) is -0.477. The van der Waals surface area contributed by atoms with E-state index in [1.54, 1.807) is 6.07 Å². The second-order valence-electron chi connectivity index (χ2n) is 5.45. The van der Waals surface area contributed by atoms with E-state index in [1.165, 1.54) is 65.6 Å². The Morgan fingerprint density at radius 3 is 2.57 bits per heavy atom. The average Bonchev–Trinajstić information content (AvgIpc) is 3.07. The summed E-state index contributed by atoms with van der Waals surface area (Å²) >= 11 is 2.47. The van der Waals surface area contributed by atoms with Gasteiger partial charge in [0.2, 0.25) is 5.13 Å². The number of nitrogens with zero attached hydrogens (tertiary/aromatic N) is 2. The summed E-state index contributed by atoms with van der Waals surface area (Å²) in [6, 6.07) is 10.9. The maximum absolute atomic E-state index is 13.2. The van der Waals surface area contributed by atoms with Crippen LogP contribution in [0, 0.1) is 5.82 Å². The van der Waals surface area contributed by atoms with Gasteiger partial charge in [0.15, 0.2) is 4.34 Å². The summed E-state index contributed by atoms with van der Waals surface area (Å²) in [7, 11) is 0. The van der Waals surface area contributed by atoms with Crippen LogP contribution in [0.3, 0.4) is 0 Å². The Bertz CT molecular complexity index is 919. The fourth-order valence-electron chi connectivity index (χ4n) is 2.14. The third kappa shape index (κ3) is 6.08. The Morgan fingerprint density at radius 2 is 1.89 bits per heavy atom. The second kappa shape index (κ2) is 8.76. The van der Waals surface area contributed by atoms with Crippen LogP contribution in [0.5, 0.6) is 5.75 Å². The highest BCUT2D eigenvalue weighted by Gasteiger charge is 2.30. The number of hydrogen-bond acceptors (Lipinski definition) is 7. The molecular weight excluding hydrogens is 418 g/mol. The minimum absolute atomic E-state index is 0.265. The van der Waals surface area contributed by atoms with E-state index < -0.39 is 18.3 Å². The van der Waals surface area contributed by atoms with Crippen LogP contribution in [0.25, 0.3) is 0 Å². The molecule has 5 nitrogen and oxygen atoms in total. The molecule has 1 heterocycles. The molecule has 0 saturated carbocycles. The van der Waals surface area contributed by atoms with Crippen molar-refractivity contribution in [2.24, 2.45) is 0 Å². The van der Waals surface area contributed by atoms with Gasteiger partial charge < -0.3 is 15.2 Å². The molecule has 0 aliphatic heterocycles. The average molecular weight is 431 g/mol. The number of aliphatic hydroxyl groups excluding tert-OH is 1. The number of nitrogens with one attached hydrogen (secondary N) is 1. The third-order valence-corrected chi connectivity index (χ3v) is 5.39. The Balaban J connectivity index is 1.54. The lowest BCUT2D eigenvalue weighted by molar-refractivity contribution is -0.274. The van der Waals surface area contributed by atoms with Gasteiger partial charge in [-0.05, 0) is 42.0 Å².